The molecule has 0 aromatic heterocycles. The monoisotopic (exact) mass is 371 g/mol. The molecule has 0 saturated heterocycles. The summed E-state index contributed by atoms with van der Waals surface area (Å²) in [5.41, 5.74) is 0.741. The molecule has 0 aliphatic carbocycles. The number of halogens is 1. The second-order valence-electron chi connectivity index (χ2n) is 4.43. The van der Waals surface area contributed by atoms with Gasteiger partial charge >= 0.3 is 11.9 Å². The van der Waals surface area contributed by atoms with Crippen molar-refractivity contribution in [2.24, 2.45) is 0 Å². The molecule has 1 aromatic carbocycles. The molecule has 0 saturated carbocycles. The van der Waals surface area contributed by atoms with Crippen LogP contribution in [0.25, 0.3) is 0 Å². The first-order valence-corrected chi connectivity index (χ1v) is 7.52. The van der Waals surface area contributed by atoms with E-state index in [4.69, 9.17) is 4.74 Å². The minimum absolute atomic E-state index is 0.0211. The summed E-state index contributed by atoms with van der Waals surface area (Å²) in [5, 5.41) is 2.65. The van der Waals surface area contributed by atoms with Gasteiger partial charge in [-0.2, -0.15) is 0 Å². The Morgan fingerprint density at radius 1 is 1.18 bits per heavy atom. The molecule has 0 aliphatic rings. The average Bonchev–Trinajstić information content (AvgIpc) is 2.47. The predicted molar refractivity (Wildman–Crippen MR) is 82.9 cm³/mol. The van der Waals surface area contributed by atoms with Gasteiger partial charge in [-0.15, -0.1) is 0 Å². The molecule has 7 heteroatoms. The lowest BCUT2D eigenvalue weighted by Gasteiger charge is -2.18. The van der Waals surface area contributed by atoms with Crippen LogP contribution in [0.4, 0.5) is 0 Å². The third kappa shape index (κ3) is 6.26. The van der Waals surface area contributed by atoms with Gasteiger partial charge in [0.25, 0.3) is 0 Å². The van der Waals surface area contributed by atoms with Crippen molar-refractivity contribution in [3.05, 3.63) is 34.3 Å². The number of amides is 1. The fraction of sp³-hybridized carbons (Fsp3) is 0.400. The zero-order chi connectivity index (χ0) is 16.5. The number of hydrogen-bond acceptors (Lipinski definition) is 5. The Hall–Kier alpha value is -1.89. The lowest BCUT2D eigenvalue weighted by Crippen LogP contribution is -2.32. The molecular weight excluding hydrogens is 354 g/mol. The van der Waals surface area contributed by atoms with Crippen LogP contribution in [0.1, 0.15) is 31.4 Å². The Bertz CT molecular complexity index is 529. The van der Waals surface area contributed by atoms with Crippen LogP contribution in [0.5, 0.6) is 0 Å². The van der Waals surface area contributed by atoms with Crippen molar-refractivity contribution >= 4 is 33.8 Å². The average molecular weight is 372 g/mol. The van der Waals surface area contributed by atoms with E-state index in [2.05, 4.69) is 26.0 Å². The molecule has 0 bridgehead atoms. The zero-order valence-corrected chi connectivity index (χ0v) is 14.0. The summed E-state index contributed by atoms with van der Waals surface area (Å²) in [6.07, 6.45) is -0.408. The number of carbonyl (C=O) groups excluding carboxylic acids is 3. The van der Waals surface area contributed by atoms with E-state index in [9.17, 15) is 14.4 Å². The van der Waals surface area contributed by atoms with Gasteiger partial charge < -0.3 is 14.8 Å². The van der Waals surface area contributed by atoms with Crippen molar-refractivity contribution in [3.8, 4) is 0 Å². The Labute approximate surface area is 137 Å². The number of rotatable bonds is 7. The third-order valence-electron chi connectivity index (χ3n) is 2.82. The van der Waals surface area contributed by atoms with E-state index in [-0.39, 0.29) is 19.4 Å². The van der Waals surface area contributed by atoms with Crippen LogP contribution in [0.2, 0.25) is 0 Å². The second kappa shape index (κ2) is 9.19. The minimum atomic E-state index is -0.604. The van der Waals surface area contributed by atoms with E-state index in [0.29, 0.717) is 0 Å². The maximum absolute atomic E-state index is 11.9. The van der Waals surface area contributed by atoms with Crippen molar-refractivity contribution in [1.29, 1.82) is 0 Å². The number of nitrogens with one attached hydrogen (secondary N) is 1. The molecule has 1 N–H and O–H groups in total. The summed E-state index contributed by atoms with van der Waals surface area (Å²) >= 11 is 3.32. The fourth-order valence-corrected chi connectivity index (χ4v) is 2.05. The van der Waals surface area contributed by atoms with Crippen LogP contribution < -0.4 is 5.32 Å². The molecule has 0 radical (unpaired) electrons. The van der Waals surface area contributed by atoms with Gasteiger partial charge in [-0.25, -0.2) is 0 Å². The highest BCUT2D eigenvalue weighted by molar-refractivity contribution is 9.10. The number of hydrogen-bond donors (Lipinski definition) is 1. The molecule has 1 rings (SSSR count). The summed E-state index contributed by atoms with van der Waals surface area (Å²) in [6, 6.07) is 6.60. The maximum Gasteiger partial charge on any atom is 0.315 e. The molecule has 0 spiro atoms. The smallest absolute Gasteiger partial charge is 0.315 e. The highest BCUT2D eigenvalue weighted by atomic mass is 79.9. The van der Waals surface area contributed by atoms with Gasteiger partial charge in [0.15, 0.2) is 0 Å². The van der Waals surface area contributed by atoms with Gasteiger partial charge in [0.2, 0.25) is 5.91 Å². The van der Waals surface area contributed by atoms with Crippen LogP contribution in [0.15, 0.2) is 28.7 Å². The number of methoxy groups -OCH3 is 1. The summed E-state index contributed by atoms with van der Waals surface area (Å²) in [4.78, 5) is 34.7. The van der Waals surface area contributed by atoms with E-state index in [1.54, 1.807) is 31.2 Å². The van der Waals surface area contributed by atoms with Gasteiger partial charge in [-0.3, -0.25) is 14.4 Å². The van der Waals surface area contributed by atoms with Gasteiger partial charge in [0, 0.05) is 4.47 Å². The number of benzene rings is 1. The molecule has 0 unspecified atom stereocenters. The van der Waals surface area contributed by atoms with Gasteiger partial charge in [0.05, 0.1) is 26.2 Å². The van der Waals surface area contributed by atoms with E-state index < -0.39 is 23.9 Å². The summed E-state index contributed by atoms with van der Waals surface area (Å²) < 4.78 is 10.2. The van der Waals surface area contributed by atoms with Crippen molar-refractivity contribution in [1.82, 2.24) is 5.32 Å². The number of carbonyl (C=O) groups is 3. The molecule has 0 heterocycles. The first kappa shape index (κ1) is 18.2. The minimum Gasteiger partial charge on any atom is -0.469 e. The van der Waals surface area contributed by atoms with E-state index >= 15 is 0 Å². The van der Waals surface area contributed by atoms with E-state index in [1.807, 2.05) is 0 Å². The molecule has 0 aliphatic heterocycles. The summed E-state index contributed by atoms with van der Waals surface area (Å²) in [6.45, 7) is 1.88. The maximum atomic E-state index is 11.9. The Kier molecular flexibility index (Phi) is 7.59. The molecule has 1 aromatic rings. The Morgan fingerprint density at radius 3 is 2.36 bits per heavy atom. The van der Waals surface area contributed by atoms with Crippen LogP contribution in [-0.4, -0.2) is 31.6 Å². The molecule has 1 atom stereocenters. The number of ether oxygens (including phenoxy) is 2. The van der Waals surface area contributed by atoms with Crippen LogP contribution >= 0.6 is 15.9 Å². The lowest BCUT2D eigenvalue weighted by molar-refractivity contribution is -0.146. The molecule has 120 valence electrons. The zero-order valence-electron chi connectivity index (χ0n) is 12.4. The third-order valence-corrected chi connectivity index (χ3v) is 3.34. The van der Waals surface area contributed by atoms with Crippen molar-refractivity contribution < 1.29 is 23.9 Å². The lowest BCUT2D eigenvalue weighted by atomic mass is 10.0. The largest absolute Gasteiger partial charge is 0.469 e. The molecular formula is C15H18BrNO5. The SMILES string of the molecule is CCOC(=O)CC(=O)N[C@@H](CC(=O)OC)c1ccc(Br)cc1. The topological polar surface area (TPSA) is 81.7 Å². The first-order valence-electron chi connectivity index (χ1n) is 6.73. The van der Waals surface area contributed by atoms with Crippen molar-refractivity contribution in [3.63, 3.8) is 0 Å². The standard InChI is InChI=1S/C15H18BrNO5/c1-3-22-15(20)9-13(18)17-12(8-14(19)21-2)10-4-6-11(16)7-5-10/h4-7,12H,3,8-9H2,1-2H3,(H,17,18)/t12-/m0/s1. The van der Waals surface area contributed by atoms with Gasteiger partial charge in [-0.05, 0) is 24.6 Å². The van der Waals surface area contributed by atoms with Gasteiger partial charge in [0.1, 0.15) is 6.42 Å². The van der Waals surface area contributed by atoms with E-state index in [0.717, 1.165) is 10.0 Å². The Morgan fingerprint density at radius 2 is 1.82 bits per heavy atom. The molecule has 22 heavy (non-hydrogen) atoms. The van der Waals surface area contributed by atoms with Crippen molar-refractivity contribution in [2.45, 2.75) is 25.8 Å². The first-order chi connectivity index (χ1) is 10.5. The fourth-order valence-electron chi connectivity index (χ4n) is 1.79. The van der Waals surface area contributed by atoms with Crippen molar-refractivity contribution in [2.75, 3.05) is 13.7 Å². The summed E-state index contributed by atoms with van der Waals surface area (Å²) in [5.74, 6) is -1.56. The second-order valence-corrected chi connectivity index (χ2v) is 5.35. The quantitative estimate of drug-likeness (QED) is 0.586. The van der Waals surface area contributed by atoms with Gasteiger partial charge in [-0.1, -0.05) is 28.1 Å². The molecule has 1 amide bonds. The highest BCUT2D eigenvalue weighted by Crippen LogP contribution is 2.20. The highest BCUT2D eigenvalue weighted by Gasteiger charge is 2.20. The Balaban J connectivity index is 2.77. The normalized spacial score (nSPS) is 11.4. The molecule has 0 fully saturated rings. The number of esters is 2. The predicted octanol–water partition coefficient (Wildman–Crippen LogP) is 2.12. The van der Waals surface area contributed by atoms with E-state index in [1.165, 1.54) is 7.11 Å². The van der Waals surface area contributed by atoms with Crippen LogP contribution in [0.3, 0.4) is 0 Å². The van der Waals surface area contributed by atoms with Crippen LogP contribution in [0, 0.1) is 0 Å². The molecule has 6 nitrogen and oxygen atoms in total. The van der Waals surface area contributed by atoms with Crippen LogP contribution in [-0.2, 0) is 23.9 Å². The summed E-state index contributed by atoms with van der Waals surface area (Å²) in [7, 11) is 1.28.